The summed E-state index contributed by atoms with van der Waals surface area (Å²) >= 11 is 0. The Morgan fingerprint density at radius 3 is 2.35 bits per heavy atom. The molecule has 2 heterocycles. The average Bonchev–Trinajstić information content (AvgIpc) is 3.33. The van der Waals surface area contributed by atoms with E-state index in [0.717, 1.165) is 32.5 Å². The summed E-state index contributed by atoms with van der Waals surface area (Å²) in [6.07, 6.45) is 8.77. The Hall–Kier alpha value is -1.35. The van der Waals surface area contributed by atoms with Crippen molar-refractivity contribution < 1.29 is 4.79 Å². The van der Waals surface area contributed by atoms with E-state index in [2.05, 4.69) is 41.0 Å². The van der Waals surface area contributed by atoms with E-state index in [4.69, 9.17) is 0 Å². The van der Waals surface area contributed by atoms with Crippen molar-refractivity contribution in [1.82, 2.24) is 9.80 Å². The zero-order chi connectivity index (χ0) is 17.9. The lowest BCUT2D eigenvalue weighted by molar-refractivity contribution is -0.134. The van der Waals surface area contributed by atoms with Crippen molar-refractivity contribution in [1.29, 1.82) is 0 Å². The van der Waals surface area contributed by atoms with Crippen LogP contribution in [0.4, 0.5) is 0 Å². The summed E-state index contributed by atoms with van der Waals surface area (Å²) in [6, 6.07) is 9.06. The Kier molecular flexibility index (Phi) is 5.63. The van der Waals surface area contributed by atoms with E-state index in [1.807, 2.05) is 0 Å². The number of carbonyl (C=O) groups excluding carboxylic acids is 1. The van der Waals surface area contributed by atoms with Gasteiger partial charge in [0, 0.05) is 31.5 Å². The highest BCUT2D eigenvalue weighted by Crippen LogP contribution is 2.36. The molecule has 1 aliphatic carbocycles. The molecule has 1 amide bonds. The largest absolute Gasteiger partial charge is 0.341 e. The molecule has 2 aliphatic heterocycles. The molecule has 26 heavy (non-hydrogen) atoms. The van der Waals surface area contributed by atoms with Crippen LogP contribution in [0.25, 0.3) is 0 Å². The third-order valence-corrected chi connectivity index (χ3v) is 6.90. The molecular weight excluding hydrogens is 320 g/mol. The summed E-state index contributed by atoms with van der Waals surface area (Å²) in [5.41, 5.74) is 2.75. The summed E-state index contributed by atoms with van der Waals surface area (Å²) in [4.78, 5) is 17.9. The fourth-order valence-electron chi connectivity index (χ4n) is 5.33. The van der Waals surface area contributed by atoms with Gasteiger partial charge < -0.3 is 9.80 Å². The van der Waals surface area contributed by atoms with E-state index in [0.29, 0.717) is 23.7 Å². The lowest BCUT2D eigenvalue weighted by Crippen LogP contribution is -2.37. The Balaban J connectivity index is 1.49. The van der Waals surface area contributed by atoms with Crippen LogP contribution >= 0.6 is 0 Å². The van der Waals surface area contributed by atoms with Crippen molar-refractivity contribution in [3.63, 3.8) is 0 Å². The standard InChI is InChI=1S/C23H34N2O/c1-18-9-11-19(12-10-18)22-17-25(23(26)20-7-3-4-8-20)16-21(22)15-24-13-5-2-6-14-24/h9-12,20-22H,2-8,13-17H2,1H3. The van der Waals surface area contributed by atoms with Crippen molar-refractivity contribution >= 4 is 5.91 Å². The number of amides is 1. The first-order valence-electron chi connectivity index (χ1n) is 10.8. The quantitative estimate of drug-likeness (QED) is 0.808. The zero-order valence-corrected chi connectivity index (χ0v) is 16.3. The maximum atomic E-state index is 13.0. The fourth-order valence-corrected chi connectivity index (χ4v) is 5.33. The Labute approximate surface area is 158 Å². The van der Waals surface area contributed by atoms with E-state index in [1.54, 1.807) is 0 Å². The molecule has 1 saturated carbocycles. The van der Waals surface area contributed by atoms with E-state index in [1.165, 1.54) is 56.3 Å². The van der Waals surface area contributed by atoms with Crippen molar-refractivity contribution in [3.8, 4) is 0 Å². The van der Waals surface area contributed by atoms with Gasteiger partial charge in [0.25, 0.3) is 0 Å². The molecule has 1 aromatic rings. The molecule has 0 bridgehead atoms. The minimum absolute atomic E-state index is 0.308. The van der Waals surface area contributed by atoms with Crippen LogP contribution in [0.15, 0.2) is 24.3 Å². The van der Waals surface area contributed by atoms with E-state index in [-0.39, 0.29) is 0 Å². The van der Waals surface area contributed by atoms with Crippen LogP contribution < -0.4 is 0 Å². The molecule has 3 heteroatoms. The van der Waals surface area contributed by atoms with Gasteiger partial charge in [-0.05, 0) is 57.2 Å². The van der Waals surface area contributed by atoms with Crippen molar-refractivity contribution in [2.24, 2.45) is 11.8 Å². The Morgan fingerprint density at radius 2 is 1.65 bits per heavy atom. The summed E-state index contributed by atoms with van der Waals surface area (Å²) in [5.74, 6) is 1.84. The van der Waals surface area contributed by atoms with Gasteiger partial charge in [0.15, 0.2) is 0 Å². The SMILES string of the molecule is Cc1ccc(C2CN(C(=O)C3CCCC3)CC2CN2CCCCC2)cc1. The number of piperidine rings is 1. The van der Waals surface area contributed by atoms with Gasteiger partial charge in [-0.2, -0.15) is 0 Å². The molecule has 2 saturated heterocycles. The highest BCUT2D eigenvalue weighted by atomic mass is 16.2. The molecule has 3 nitrogen and oxygen atoms in total. The highest BCUT2D eigenvalue weighted by Gasteiger charge is 2.39. The van der Waals surface area contributed by atoms with Crippen molar-refractivity contribution in [3.05, 3.63) is 35.4 Å². The molecule has 142 valence electrons. The van der Waals surface area contributed by atoms with Crippen LogP contribution in [-0.2, 0) is 4.79 Å². The number of nitrogens with zero attached hydrogens (tertiary/aromatic N) is 2. The predicted octanol–water partition coefficient (Wildman–Crippen LogP) is 4.21. The molecule has 3 aliphatic rings. The van der Waals surface area contributed by atoms with Gasteiger partial charge in [-0.1, -0.05) is 49.1 Å². The van der Waals surface area contributed by atoms with Crippen LogP contribution in [0.1, 0.15) is 62.0 Å². The Bertz CT molecular complexity index is 599. The topological polar surface area (TPSA) is 23.6 Å². The molecule has 0 N–H and O–H groups in total. The summed E-state index contributed by atoms with van der Waals surface area (Å²) < 4.78 is 0. The van der Waals surface area contributed by atoms with Gasteiger partial charge in [0.1, 0.15) is 0 Å². The van der Waals surface area contributed by atoms with E-state index >= 15 is 0 Å². The van der Waals surface area contributed by atoms with Crippen LogP contribution in [0.3, 0.4) is 0 Å². The third kappa shape index (κ3) is 3.98. The molecule has 2 unspecified atom stereocenters. The average molecular weight is 355 g/mol. The lowest BCUT2D eigenvalue weighted by Gasteiger charge is -2.31. The molecule has 1 aromatic carbocycles. The smallest absolute Gasteiger partial charge is 0.225 e. The third-order valence-electron chi connectivity index (χ3n) is 6.90. The second kappa shape index (κ2) is 8.12. The van der Waals surface area contributed by atoms with Crippen LogP contribution in [-0.4, -0.2) is 48.4 Å². The molecule has 4 rings (SSSR count). The van der Waals surface area contributed by atoms with Gasteiger partial charge in [0.05, 0.1) is 0 Å². The first-order valence-corrected chi connectivity index (χ1v) is 10.8. The maximum absolute atomic E-state index is 13.0. The Morgan fingerprint density at radius 1 is 0.962 bits per heavy atom. The maximum Gasteiger partial charge on any atom is 0.225 e. The monoisotopic (exact) mass is 354 g/mol. The van der Waals surface area contributed by atoms with E-state index < -0.39 is 0 Å². The molecule has 0 aromatic heterocycles. The molecule has 2 atom stereocenters. The van der Waals surface area contributed by atoms with Crippen LogP contribution in [0.2, 0.25) is 0 Å². The lowest BCUT2D eigenvalue weighted by atomic mass is 9.88. The number of likely N-dealkylation sites (tertiary alicyclic amines) is 2. The minimum atomic E-state index is 0.308. The summed E-state index contributed by atoms with van der Waals surface area (Å²) in [6.45, 7) is 7.69. The molecule has 3 fully saturated rings. The first kappa shape index (κ1) is 18.0. The van der Waals surface area contributed by atoms with Gasteiger partial charge >= 0.3 is 0 Å². The summed E-state index contributed by atoms with van der Waals surface area (Å²) in [7, 11) is 0. The fraction of sp³-hybridized carbons (Fsp3) is 0.696. The summed E-state index contributed by atoms with van der Waals surface area (Å²) in [5, 5.41) is 0. The van der Waals surface area contributed by atoms with E-state index in [9.17, 15) is 4.79 Å². The zero-order valence-electron chi connectivity index (χ0n) is 16.3. The van der Waals surface area contributed by atoms with Gasteiger partial charge in [-0.3, -0.25) is 4.79 Å². The predicted molar refractivity (Wildman–Crippen MR) is 106 cm³/mol. The van der Waals surface area contributed by atoms with Gasteiger partial charge in [0.2, 0.25) is 5.91 Å². The number of hydrogen-bond donors (Lipinski definition) is 0. The number of rotatable bonds is 4. The second-order valence-electron chi connectivity index (χ2n) is 8.86. The molecule has 0 radical (unpaired) electrons. The van der Waals surface area contributed by atoms with Crippen molar-refractivity contribution in [2.45, 2.75) is 57.8 Å². The first-order chi connectivity index (χ1) is 12.7. The molecule has 0 spiro atoms. The number of carbonyl (C=O) groups is 1. The van der Waals surface area contributed by atoms with Crippen LogP contribution in [0.5, 0.6) is 0 Å². The number of aryl methyl sites for hydroxylation is 1. The van der Waals surface area contributed by atoms with Gasteiger partial charge in [-0.25, -0.2) is 0 Å². The van der Waals surface area contributed by atoms with Crippen molar-refractivity contribution in [2.75, 3.05) is 32.7 Å². The van der Waals surface area contributed by atoms with Gasteiger partial charge in [-0.15, -0.1) is 0 Å². The van der Waals surface area contributed by atoms with Crippen LogP contribution in [0, 0.1) is 18.8 Å². The minimum Gasteiger partial charge on any atom is -0.341 e. The highest BCUT2D eigenvalue weighted by molar-refractivity contribution is 5.79. The molecular formula is C23H34N2O. The number of hydrogen-bond acceptors (Lipinski definition) is 2. The second-order valence-corrected chi connectivity index (χ2v) is 8.86. The number of benzene rings is 1. The normalized spacial score (nSPS) is 28.0.